The molecule has 0 fully saturated rings. The second-order valence-electron chi connectivity index (χ2n) is 10.2. The predicted octanol–water partition coefficient (Wildman–Crippen LogP) is 7.57. The average molecular weight is 643 g/mol. The number of rotatable bonds is 13. The normalized spacial score (nSPS) is 11.0. The van der Waals surface area contributed by atoms with Gasteiger partial charge in [-0.1, -0.05) is 23.7 Å². The van der Waals surface area contributed by atoms with Crippen LogP contribution in [-0.2, 0) is 13.2 Å². The molecule has 0 bridgehead atoms. The van der Waals surface area contributed by atoms with Gasteiger partial charge >= 0.3 is 5.91 Å². The molecule has 0 radical (unpaired) electrons. The average Bonchev–Trinajstić information content (AvgIpc) is 3.66. The maximum atomic E-state index is 12.6. The first kappa shape index (κ1) is 31.9. The summed E-state index contributed by atoms with van der Waals surface area (Å²) >= 11 is 6.49. The quantitative estimate of drug-likeness (QED) is 0.0796. The zero-order valence-corrected chi connectivity index (χ0v) is 26.1. The number of nitrogens with zero attached hydrogens (tertiary/aromatic N) is 3. The number of ether oxygens (including phenoxy) is 3. The van der Waals surface area contributed by atoms with Crippen LogP contribution in [-0.4, -0.2) is 28.2 Å². The lowest BCUT2D eigenvalue weighted by atomic mass is 10.2. The van der Waals surface area contributed by atoms with E-state index in [0.717, 1.165) is 17.1 Å². The van der Waals surface area contributed by atoms with Gasteiger partial charge in [-0.25, -0.2) is 5.43 Å². The summed E-state index contributed by atoms with van der Waals surface area (Å²) in [5, 5.41) is 15.3. The molecule has 11 nitrogen and oxygen atoms in total. The fraction of sp³-hybridized carbons (Fsp3) is 0.176. The number of furan rings is 1. The van der Waals surface area contributed by atoms with Crippen molar-refractivity contribution in [2.45, 2.75) is 34.0 Å². The SMILES string of the molecule is CCOc1cc(/C=N/NC(=O)c2ccc(COc3ccc(-n4c(C)ccc4C)cc3)o2)cc(Cl)c1OCc1cccc([N+](=O)[O-])c1. The number of nitro groups is 1. The molecule has 5 rings (SSSR count). The topological polar surface area (TPSA) is 130 Å². The van der Waals surface area contributed by atoms with E-state index in [0.29, 0.717) is 35.0 Å². The van der Waals surface area contributed by atoms with Gasteiger partial charge in [-0.15, -0.1) is 0 Å². The van der Waals surface area contributed by atoms with Gasteiger partial charge in [0.1, 0.15) is 24.7 Å². The number of halogens is 1. The molecule has 12 heteroatoms. The first-order valence-corrected chi connectivity index (χ1v) is 14.7. The molecule has 46 heavy (non-hydrogen) atoms. The minimum atomic E-state index is -0.544. The van der Waals surface area contributed by atoms with Gasteiger partial charge in [-0.2, -0.15) is 5.10 Å². The molecule has 2 heterocycles. The molecule has 0 saturated carbocycles. The van der Waals surface area contributed by atoms with Gasteiger partial charge in [-0.05, 0) is 92.6 Å². The number of non-ortho nitro benzene ring substituents is 1. The number of nitrogens with one attached hydrogen (secondary N) is 1. The number of hydrogen-bond donors (Lipinski definition) is 1. The molecular formula is C34H31ClN4O7. The molecule has 1 N–H and O–H groups in total. The van der Waals surface area contributed by atoms with Crippen molar-refractivity contribution in [3.05, 3.63) is 134 Å². The molecule has 1 amide bonds. The molecule has 0 aliphatic rings. The van der Waals surface area contributed by atoms with E-state index in [2.05, 4.69) is 41.1 Å². The van der Waals surface area contributed by atoms with E-state index in [1.807, 2.05) is 31.2 Å². The Kier molecular flexibility index (Phi) is 10.0. The number of hydrogen-bond acceptors (Lipinski definition) is 8. The molecule has 0 spiro atoms. The summed E-state index contributed by atoms with van der Waals surface area (Å²) in [7, 11) is 0. The van der Waals surface area contributed by atoms with Gasteiger partial charge < -0.3 is 23.2 Å². The largest absolute Gasteiger partial charge is 0.490 e. The van der Waals surface area contributed by atoms with Crippen LogP contribution in [0.3, 0.4) is 0 Å². The van der Waals surface area contributed by atoms with Gasteiger partial charge in [0.25, 0.3) is 5.69 Å². The number of aryl methyl sites for hydroxylation is 2. The number of amides is 1. The predicted molar refractivity (Wildman–Crippen MR) is 173 cm³/mol. The summed E-state index contributed by atoms with van der Waals surface area (Å²) < 4.78 is 25.2. The summed E-state index contributed by atoms with van der Waals surface area (Å²) in [6, 6.07) is 24.5. The van der Waals surface area contributed by atoms with Crippen molar-refractivity contribution in [1.82, 2.24) is 9.99 Å². The minimum Gasteiger partial charge on any atom is -0.490 e. The van der Waals surface area contributed by atoms with Crippen molar-refractivity contribution in [2.75, 3.05) is 6.61 Å². The lowest BCUT2D eigenvalue weighted by Crippen LogP contribution is -2.16. The molecule has 0 aliphatic carbocycles. The van der Waals surface area contributed by atoms with E-state index in [9.17, 15) is 14.9 Å². The summed E-state index contributed by atoms with van der Waals surface area (Å²) in [5.41, 5.74) is 6.88. The standard InChI is InChI=1S/C34H31ClN4O7/c1-4-43-32-18-25(17-30(35)33(32)45-20-24-6-5-7-27(16-24)39(41)42)19-36-37-34(40)31-15-14-29(46-31)21-44-28-12-10-26(11-13-28)38-22(2)8-9-23(38)3/h5-19H,4,20-21H2,1-3H3,(H,37,40)/b36-19+. The van der Waals surface area contributed by atoms with Gasteiger partial charge in [0.05, 0.1) is 22.8 Å². The van der Waals surface area contributed by atoms with Crippen LogP contribution < -0.4 is 19.6 Å². The first-order valence-electron chi connectivity index (χ1n) is 14.3. The Morgan fingerprint density at radius 3 is 2.46 bits per heavy atom. The van der Waals surface area contributed by atoms with Crippen LogP contribution in [0.5, 0.6) is 17.2 Å². The van der Waals surface area contributed by atoms with Gasteiger partial charge in [0, 0.05) is 29.2 Å². The first-order chi connectivity index (χ1) is 22.2. The van der Waals surface area contributed by atoms with Crippen molar-refractivity contribution in [3.63, 3.8) is 0 Å². The fourth-order valence-electron chi connectivity index (χ4n) is 4.70. The summed E-state index contributed by atoms with van der Waals surface area (Å²) in [6.07, 6.45) is 1.41. The van der Waals surface area contributed by atoms with Crippen molar-refractivity contribution < 1.29 is 28.3 Å². The molecule has 0 unspecified atom stereocenters. The number of nitro benzene ring substituents is 1. The summed E-state index contributed by atoms with van der Waals surface area (Å²) in [4.78, 5) is 23.2. The van der Waals surface area contributed by atoms with E-state index in [1.165, 1.54) is 18.3 Å². The van der Waals surface area contributed by atoms with Crippen LogP contribution >= 0.6 is 11.6 Å². The zero-order chi connectivity index (χ0) is 32.6. The van der Waals surface area contributed by atoms with Crippen LogP contribution in [0.25, 0.3) is 5.69 Å². The zero-order valence-electron chi connectivity index (χ0n) is 25.4. The molecule has 3 aromatic carbocycles. The Morgan fingerprint density at radius 1 is 0.978 bits per heavy atom. The van der Waals surface area contributed by atoms with Crippen LogP contribution in [0.4, 0.5) is 5.69 Å². The fourth-order valence-corrected chi connectivity index (χ4v) is 4.97. The number of hydrazone groups is 1. The van der Waals surface area contributed by atoms with Crippen molar-refractivity contribution in [1.29, 1.82) is 0 Å². The monoisotopic (exact) mass is 642 g/mol. The highest BCUT2D eigenvalue weighted by Gasteiger charge is 2.15. The highest BCUT2D eigenvalue weighted by molar-refractivity contribution is 6.32. The lowest BCUT2D eigenvalue weighted by molar-refractivity contribution is -0.384. The molecule has 0 aliphatic heterocycles. The van der Waals surface area contributed by atoms with E-state index in [1.54, 1.807) is 36.4 Å². The number of carbonyl (C=O) groups excluding carboxylic acids is 1. The van der Waals surface area contributed by atoms with E-state index < -0.39 is 10.8 Å². The van der Waals surface area contributed by atoms with Crippen LogP contribution in [0.15, 0.2) is 94.4 Å². The molecule has 0 saturated heterocycles. The second-order valence-corrected chi connectivity index (χ2v) is 10.6. The maximum Gasteiger partial charge on any atom is 0.307 e. The Hall–Kier alpha value is -5.55. The van der Waals surface area contributed by atoms with Crippen LogP contribution in [0.1, 0.15) is 45.8 Å². The summed E-state index contributed by atoms with van der Waals surface area (Å²) in [5.74, 6) is 1.31. The molecule has 236 valence electrons. The highest BCUT2D eigenvalue weighted by atomic mass is 35.5. The van der Waals surface area contributed by atoms with Crippen molar-refractivity contribution >= 4 is 29.4 Å². The second kappa shape index (κ2) is 14.5. The third kappa shape index (κ3) is 7.74. The Bertz CT molecular complexity index is 1860. The number of aromatic nitrogens is 1. The third-order valence-electron chi connectivity index (χ3n) is 6.85. The Morgan fingerprint density at radius 2 is 1.74 bits per heavy atom. The smallest absolute Gasteiger partial charge is 0.307 e. The van der Waals surface area contributed by atoms with Crippen LogP contribution in [0, 0.1) is 24.0 Å². The van der Waals surface area contributed by atoms with Crippen molar-refractivity contribution in [3.8, 4) is 22.9 Å². The Labute approximate surface area is 270 Å². The molecular weight excluding hydrogens is 612 g/mol. The van der Waals surface area contributed by atoms with E-state index in [-0.39, 0.29) is 35.4 Å². The molecule has 0 atom stereocenters. The van der Waals surface area contributed by atoms with Gasteiger partial charge in [-0.3, -0.25) is 14.9 Å². The van der Waals surface area contributed by atoms with Gasteiger partial charge in [0.2, 0.25) is 0 Å². The van der Waals surface area contributed by atoms with Crippen molar-refractivity contribution in [2.24, 2.45) is 5.10 Å². The molecule has 2 aromatic heterocycles. The number of benzene rings is 3. The van der Waals surface area contributed by atoms with Gasteiger partial charge in [0.15, 0.2) is 17.3 Å². The highest BCUT2D eigenvalue weighted by Crippen LogP contribution is 2.37. The van der Waals surface area contributed by atoms with E-state index >= 15 is 0 Å². The Balaban J connectivity index is 1.16. The minimum absolute atomic E-state index is 0.0371. The van der Waals surface area contributed by atoms with Crippen LogP contribution in [0.2, 0.25) is 5.02 Å². The van der Waals surface area contributed by atoms with E-state index in [4.69, 9.17) is 30.2 Å². The number of carbonyl (C=O) groups is 1. The summed E-state index contributed by atoms with van der Waals surface area (Å²) in [6.45, 7) is 6.45. The molecule has 5 aromatic rings. The lowest BCUT2D eigenvalue weighted by Gasteiger charge is -2.14. The maximum absolute atomic E-state index is 12.6. The third-order valence-corrected chi connectivity index (χ3v) is 7.13.